The average molecular weight is 522 g/mol. The van der Waals surface area contributed by atoms with E-state index in [4.69, 9.17) is 11.6 Å². The molecule has 0 unspecified atom stereocenters. The number of nitrogens with one attached hydrogen (secondary N) is 1. The first-order chi connectivity index (χ1) is 16.1. The molecule has 192 valence electrons. The van der Waals surface area contributed by atoms with Gasteiger partial charge < -0.3 is 10.2 Å². The molecule has 0 aliphatic carbocycles. The first-order valence-electron chi connectivity index (χ1n) is 11.5. The van der Waals surface area contributed by atoms with Crippen molar-refractivity contribution in [3.05, 3.63) is 64.2 Å². The maximum absolute atomic E-state index is 13.7. The molecule has 2 aromatic rings. The molecule has 7 nitrogen and oxygen atoms in total. The number of amides is 2. The van der Waals surface area contributed by atoms with Crippen LogP contribution in [0.4, 0.5) is 5.69 Å². The van der Waals surface area contributed by atoms with E-state index in [0.717, 1.165) is 27.3 Å². The summed E-state index contributed by atoms with van der Waals surface area (Å²) in [6.07, 6.45) is 1.44. The summed E-state index contributed by atoms with van der Waals surface area (Å²) in [6, 6.07) is 11.6. The van der Waals surface area contributed by atoms with Crippen molar-refractivity contribution in [2.45, 2.75) is 66.1 Å². The van der Waals surface area contributed by atoms with E-state index in [2.05, 4.69) is 5.32 Å². The molecule has 0 aliphatic rings. The smallest absolute Gasteiger partial charge is 0.244 e. The molecule has 0 aromatic heterocycles. The molecule has 0 saturated heterocycles. The molecule has 0 aliphatic heterocycles. The van der Waals surface area contributed by atoms with E-state index in [1.165, 1.54) is 4.90 Å². The minimum Gasteiger partial charge on any atom is -0.350 e. The third-order valence-corrected chi connectivity index (χ3v) is 6.83. The Morgan fingerprint density at radius 1 is 1.06 bits per heavy atom. The van der Waals surface area contributed by atoms with Crippen LogP contribution in [0.3, 0.4) is 0 Å². The van der Waals surface area contributed by atoms with Crippen LogP contribution in [0.2, 0.25) is 5.02 Å². The largest absolute Gasteiger partial charge is 0.350 e. The summed E-state index contributed by atoms with van der Waals surface area (Å²) in [5.74, 6) is -0.763. The molecule has 35 heavy (non-hydrogen) atoms. The molecule has 9 heteroatoms. The number of anilines is 1. The highest BCUT2D eigenvalue weighted by molar-refractivity contribution is 7.92. The number of nitrogens with zero attached hydrogens (tertiary/aromatic N) is 2. The van der Waals surface area contributed by atoms with Crippen LogP contribution >= 0.6 is 11.6 Å². The first kappa shape index (κ1) is 28.7. The highest BCUT2D eigenvalue weighted by atomic mass is 35.5. The molecule has 2 amide bonds. The van der Waals surface area contributed by atoms with Gasteiger partial charge in [-0.2, -0.15) is 0 Å². The summed E-state index contributed by atoms with van der Waals surface area (Å²) < 4.78 is 26.6. The lowest BCUT2D eigenvalue weighted by atomic mass is 10.1. The Labute approximate surface area is 214 Å². The maximum Gasteiger partial charge on any atom is 0.244 e. The minimum atomic E-state index is -3.77. The Balaban J connectivity index is 2.48. The van der Waals surface area contributed by atoms with Gasteiger partial charge in [-0.15, -0.1) is 0 Å². The zero-order valence-corrected chi connectivity index (χ0v) is 23.1. The molecular weight excluding hydrogens is 486 g/mol. The van der Waals surface area contributed by atoms with Crippen molar-refractivity contribution < 1.29 is 18.0 Å². The fraction of sp³-hybridized carbons (Fsp3) is 0.462. The van der Waals surface area contributed by atoms with E-state index in [1.807, 2.05) is 53.7 Å². The van der Waals surface area contributed by atoms with Crippen LogP contribution in [0.15, 0.2) is 42.5 Å². The highest BCUT2D eigenvalue weighted by Crippen LogP contribution is 2.25. The van der Waals surface area contributed by atoms with Gasteiger partial charge in [-0.05, 0) is 70.4 Å². The van der Waals surface area contributed by atoms with E-state index in [1.54, 1.807) is 30.3 Å². The molecule has 2 aromatic carbocycles. The van der Waals surface area contributed by atoms with Gasteiger partial charge in [0.25, 0.3) is 0 Å². The van der Waals surface area contributed by atoms with Crippen molar-refractivity contribution in [3.63, 3.8) is 0 Å². The van der Waals surface area contributed by atoms with Crippen molar-refractivity contribution in [1.82, 2.24) is 10.2 Å². The van der Waals surface area contributed by atoms with Crippen molar-refractivity contribution in [3.8, 4) is 0 Å². The number of carbonyl (C=O) groups is 2. The van der Waals surface area contributed by atoms with Crippen LogP contribution in [0.5, 0.6) is 0 Å². The van der Waals surface area contributed by atoms with Crippen LogP contribution in [0.25, 0.3) is 0 Å². The fourth-order valence-corrected chi connectivity index (χ4v) is 4.87. The monoisotopic (exact) mass is 521 g/mol. The standard InChI is InChI=1S/C26H36ClN3O4S/c1-8-22(25(32)28-26(4,5)6)29(16-20-10-12-21(27)13-11-20)24(31)17-30(35(7,33)34)23-14-9-18(2)15-19(23)3/h9-15,22H,8,16-17H2,1-7H3,(H,28,32)/t22-/m0/s1. The van der Waals surface area contributed by atoms with Crippen LogP contribution in [0.1, 0.15) is 50.8 Å². The van der Waals surface area contributed by atoms with Gasteiger partial charge in [-0.3, -0.25) is 13.9 Å². The third kappa shape index (κ3) is 8.25. The van der Waals surface area contributed by atoms with E-state index >= 15 is 0 Å². The lowest BCUT2D eigenvalue weighted by Gasteiger charge is -2.34. The summed E-state index contributed by atoms with van der Waals surface area (Å²) in [4.78, 5) is 28.3. The number of benzene rings is 2. The maximum atomic E-state index is 13.7. The van der Waals surface area contributed by atoms with Gasteiger partial charge in [0.2, 0.25) is 21.8 Å². The Hall–Kier alpha value is -2.58. The fourth-order valence-electron chi connectivity index (χ4n) is 3.84. The lowest BCUT2D eigenvalue weighted by molar-refractivity contribution is -0.141. The van der Waals surface area contributed by atoms with Gasteiger partial charge in [-0.1, -0.05) is 48.4 Å². The average Bonchev–Trinajstić information content (AvgIpc) is 2.71. The number of hydrogen-bond donors (Lipinski definition) is 1. The van der Waals surface area contributed by atoms with Crippen LogP contribution in [-0.4, -0.2) is 49.5 Å². The molecule has 0 bridgehead atoms. The van der Waals surface area contributed by atoms with Crippen molar-refractivity contribution >= 4 is 39.1 Å². The summed E-state index contributed by atoms with van der Waals surface area (Å²) in [7, 11) is -3.77. The summed E-state index contributed by atoms with van der Waals surface area (Å²) in [5, 5.41) is 3.50. The SMILES string of the molecule is CC[C@@H](C(=O)NC(C)(C)C)N(Cc1ccc(Cl)cc1)C(=O)CN(c1ccc(C)cc1C)S(C)(=O)=O. The third-order valence-electron chi connectivity index (χ3n) is 5.45. The molecule has 0 radical (unpaired) electrons. The highest BCUT2D eigenvalue weighted by Gasteiger charge is 2.33. The van der Waals surface area contributed by atoms with Gasteiger partial charge in [0, 0.05) is 17.1 Å². The van der Waals surface area contributed by atoms with Gasteiger partial charge in [0.1, 0.15) is 12.6 Å². The number of halogens is 1. The molecule has 1 N–H and O–H groups in total. The van der Waals surface area contributed by atoms with E-state index in [-0.39, 0.29) is 12.5 Å². The van der Waals surface area contributed by atoms with Gasteiger partial charge >= 0.3 is 0 Å². The quantitative estimate of drug-likeness (QED) is 0.528. The Bertz CT molecular complexity index is 1160. The topological polar surface area (TPSA) is 86.8 Å². The number of aryl methyl sites for hydroxylation is 2. The summed E-state index contributed by atoms with van der Waals surface area (Å²) >= 11 is 6.02. The normalized spacial score (nSPS) is 12.7. The molecule has 0 saturated carbocycles. The second kappa shape index (κ2) is 11.4. The van der Waals surface area contributed by atoms with Crippen molar-refractivity contribution in [2.24, 2.45) is 0 Å². The van der Waals surface area contributed by atoms with E-state index < -0.39 is 34.1 Å². The molecule has 0 heterocycles. The van der Waals surface area contributed by atoms with Gasteiger partial charge in [0.15, 0.2) is 0 Å². The second-order valence-corrected chi connectivity index (χ2v) is 12.2. The zero-order valence-electron chi connectivity index (χ0n) is 21.6. The minimum absolute atomic E-state index is 0.135. The van der Waals surface area contributed by atoms with E-state index in [0.29, 0.717) is 17.1 Å². The van der Waals surface area contributed by atoms with E-state index in [9.17, 15) is 18.0 Å². The number of hydrogen-bond acceptors (Lipinski definition) is 4. The summed E-state index contributed by atoms with van der Waals surface area (Å²) in [6.45, 7) is 10.9. The van der Waals surface area contributed by atoms with Gasteiger partial charge in [-0.25, -0.2) is 8.42 Å². The Kier molecular flexibility index (Phi) is 9.36. The molecule has 1 atom stereocenters. The predicted molar refractivity (Wildman–Crippen MR) is 142 cm³/mol. The Morgan fingerprint density at radius 3 is 2.14 bits per heavy atom. The predicted octanol–water partition coefficient (Wildman–Crippen LogP) is 4.44. The molecule has 0 spiro atoms. The molecular formula is C26H36ClN3O4S. The molecule has 0 fully saturated rings. The van der Waals surface area contributed by atoms with Crippen LogP contribution in [-0.2, 0) is 26.2 Å². The van der Waals surface area contributed by atoms with Crippen LogP contribution in [0, 0.1) is 13.8 Å². The second-order valence-electron chi connectivity index (χ2n) is 9.87. The van der Waals surface area contributed by atoms with Crippen LogP contribution < -0.4 is 9.62 Å². The van der Waals surface area contributed by atoms with Crippen molar-refractivity contribution in [1.29, 1.82) is 0 Å². The first-order valence-corrected chi connectivity index (χ1v) is 13.8. The lowest BCUT2D eigenvalue weighted by Crippen LogP contribution is -2.55. The number of sulfonamides is 1. The molecule has 2 rings (SSSR count). The Morgan fingerprint density at radius 2 is 1.66 bits per heavy atom. The van der Waals surface area contributed by atoms with Gasteiger partial charge in [0.05, 0.1) is 11.9 Å². The number of carbonyl (C=O) groups excluding carboxylic acids is 2. The summed E-state index contributed by atoms with van der Waals surface area (Å²) in [5.41, 5.74) is 2.45. The number of rotatable bonds is 9. The van der Waals surface area contributed by atoms with Crippen molar-refractivity contribution in [2.75, 3.05) is 17.1 Å². The zero-order chi connectivity index (χ0) is 26.6.